The first-order valence-electron chi connectivity index (χ1n) is 6.40. The molecule has 0 radical (unpaired) electrons. The van der Waals surface area contributed by atoms with E-state index in [1.54, 1.807) is 23.9 Å². The molecule has 1 fully saturated rings. The van der Waals surface area contributed by atoms with Crippen LogP contribution in [0.15, 0.2) is 29.2 Å². The summed E-state index contributed by atoms with van der Waals surface area (Å²) in [7, 11) is 0. The zero-order valence-electron chi connectivity index (χ0n) is 10.8. The lowest BCUT2D eigenvalue weighted by Gasteiger charge is -2.21. The Morgan fingerprint density at radius 2 is 2.05 bits per heavy atom. The molecule has 0 bridgehead atoms. The number of amides is 1. The van der Waals surface area contributed by atoms with E-state index < -0.39 is 12.0 Å². The van der Waals surface area contributed by atoms with Crippen molar-refractivity contribution in [3.63, 3.8) is 0 Å². The number of carboxylic acid groups (broad SMARTS) is 1. The standard InChI is InChI=1S/C14H17NO3S/c1-2-19-11-7-5-10(6-8-11)13(16)15-9-3-4-12(15)14(17)18/h5-8,12H,2-4,9H2,1H3,(H,17,18). The van der Waals surface area contributed by atoms with Gasteiger partial charge in [0, 0.05) is 17.0 Å². The van der Waals surface area contributed by atoms with Crippen molar-refractivity contribution < 1.29 is 14.7 Å². The summed E-state index contributed by atoms with van der Waals surface area (Å²) in [5.74, 6) is -0.109. The zero-order chi connectivity index (χ0) is 13.8. The summed E-state index contributed by atoms with van der Waals surface area (Å²) in [6.45, 7) is 2.60. The molecule has 1 heterocycles. The monoisotopic (exact) mass is 279 g/mol. The first-order chi connectivity index (χ1) is 9.13. The molecule has 102 valence electrons. The molecule has 1 aliphatic rings. The second-order valence-electron chi connectivity index (χ2n) is 4.45. The number of hydrogen-bond acceptors (Lipinski definition) is 3. The number of thioether (sulfide) groups is 1. The van der Waals surface area contributed by atoms with Crippen LogP contribution >= 0.6 is 11.8 Å². The minimum absolute atomic E-state index is 0.182. The molecule has 1 atom stereocenters. The highest BCUT2D eigenvalue weighted by Crippen LogP contribution is 2.22. The van der Waals surface area contributed by atoms with Gasteiger partial charge in [0.05, 0.1) is 0 Å². The molecule has 1 unspecified atom stereocenters. The van der Waals surface area contributed by atoms with Crippen molar-refractivity contribution in [2.75, 3.05) is 12.3 Å². The van der Waals surface area contributed by atoms with Gasteiger partial charge in [-0.15, -0.1) is 11.8 Å². The third-order valence-electron chi connectivity index (χ3n) is 3.21. The first kappa shape index (κ1) is 13.9. The lowest BCUT2D eigenvalue weighted by molar-refractivity contribution is -0.141. The number of rotatable bonds is 4. The molecule has 19 heavy (non-hydrogen) atoms. The Kier molecular flexibility index (Phi) is 4.47. The lowest BCUT2D eigenvalue weighted by Crippen LogP contribution is -2.40. The molecule has 0 spiro atoms. The van der Waals surface area contributed by atoms with Gasteiger partial charge in [0.1, 0.15) is 6.04 Å². The summed E-state index contributed by atoms with van der Waals surface area (Å²) in [6, 6.07) is 6.70. The fourth-order valence-electron chi connectivity index (χ4n) is 2.29. The molecule has 0 aromatic heterocycles. The van der Waals surface area contributed by atoms with Gasteiger partial charge in [0.15, 0.2) is 0 Å². The molecule has 1 aromatic carbocycles. The van der Waals surface area contributed by atoms with E-state index in [1.165, 1.54) is 4.90 Å². The maximum atomic E-state index is 12.3. The van der Waals surface area contributed by atoms with Gasteiger partial charge < -0.3 is 10.0 Å². The van der Waals surface area contributed by atoms with Crippen LogP contribution in [0, 0.1) is 0 Å². The second kappa shape index (κ2) is 6.10. The van der Waals surface area contributed by atoms with Crippen molar-refractivity contribution in [2.24, 2.45) is 0 Å². The maximum absolute atomic E-state index is 12.3. The minimum Gasteiger partial charge on any atom is -0.480 e. The third-order valence-corrected chi connectivity index (χ3v) is 4.11. The van der Waals surface area contributed by atoms with Crippen LogP contribution in [0.25, 0.3) is 0 Å². The van der Waals surface area contributed by atoms with Crippen LogP contribution in [-0.4, -0.2) is 40.2 Å². The summed E-state index contributed by atoms with van der Waals surface area (Å²) in [6.07, 6.45) is 1.30. The molecule has 0 aliphatic carbocycles. The van der Waals surface area contributed by atoms with Crippen LogP contribution in [0.5, 0.6) is 0 Å². The van der Waals surface area contributed by atoms with Crippen molar-refractivity contribution >= 4 is 23.6 Å². The lowest BCUT2D eigenvalue weighted by atomic mass is 10.1. The van der Waals surface area contributed by atoms with Gasteiger partial charge in [0.25, 0.3) is 5.91 Å². The molecule has 1 aromatic rings. The number of benzene rings is 1. The Hall–Kier alpha value is -1.49. The molecular weight excluding hydrogens is 262 g/mol. The van der Waals surface area contributed by atoms with Crippen molar-refractivity contribution in [1.29, 1.82) is 0 Å². The smallest absolute Gasteiger partial charge is 0.326 e. The quantitative estimate of drug-likeness (QED) is 0.860. The van der Waals surface area contributed by atoms with Crippen LogP contribution in [0.3, 0.4) is 0 Å². The maximum Gasteiger partial charge on any atom is 0.326 e. The highest BCUT2D eigenvalue weighted by Gasteiger charge is 2.34. The molecule has 1 saturated heterocycles. The molecule has 1 amide bonds. The average molecular weight is 279 g/mol. The summed E-state index contributed by atoms with van der Waals surface area (Å²) in [5, 5.41) is 9.10. The van der Waals surface area contributed by atoms with Gasteiger partial charge in [0.2, 0.25) is 0 Å². The number of hydrogen-bond donors (Lipinski definition) is 1. The van der Waals surface area contributed by atoms with Crippen molar-refractivity contribution in [1.82, 2.24) is 4.90 Å². The van der Waals surface area contributed by atoms with E-state index in [-0.39, 0.29) is 5.91 Å². The highest BCUT2D eigenvalue weighted by molar-refractivity contribution is 7.99. The molecule has 1 aliphatic heterocycles. The number of carbonyl (C=O) groups excluding carboxylic acids is 1. The van der Waals surface area contributed by atoms with E-state index in [1.807, 2.05) is 12.1 Å². The SMILES string of the molecule is CCSc1ccc(C(=O)N2CCCC2C(=O)O)cc1. The molecular formula is C14H17NO3S. The Labute approximate surface area is 116 Å². The molecule has 0 saturated carbocycles. The largest absolute Gasteiger partial charge is 0.480 e. The van der Waals surface area contributed by atoms with Crippen LogP contribution in [0.4, 0.5) is 0 Å². The molecule has 1 N–H and O–H groups in total. The Morgan fingerprint density at radius 3 is 2.63 bits per heavy atom. The summed E-state index contributed by atoms with van der Waals surface area (Å²) >= 11 is 1.71. The highest BCUT2D eigenvalue weighted by atomic mass is 32.2. The van der Waals surface area contributed by atoms with Crippen molar-refractivity contribution in [3.05, 3.63) is 29.8 Å². The van der Waals surface area contributed by atoms with E-state index in [0.29, 0.717) is 18.5 Å². The molecule has 2 rings (SSSR count). The van der Waals surface area contributed by atoms with Gasteiger partial charge in [-0.05, 0) is 42.9 Å². The van der Waals surface area contributed by atoms with Crippen LogP contribution in [-0.2, 0) is 4.79 Å². The molecule has 5 heteroatoms. The normalized spacial score (nSPS) is 18.6. The van der Waals surface area contributed by atoms with Gasteiger partial charge >= 0.3 is 5.97 Å². The summed E-state index contributed by atoms with van der Waals surface area (Å²) in [4.78, 5) is 26.0. The zero-order valence-corrected chi connectivity index (χ0v) is 11.7. The first-order valence-corrected chi connectivity index (χ1v) is 7.38. The Morgan fingerprint density at radius 1 is 1.37 bits per heavy atom. The fraction of sp³-hybridized carbons (Fsp3) is 0.429. The average Bonchev–Trinajstić information content (AvgIpc) is 2.88. The Balaban J connectivity index is 2.12. The number of aliphatic carboxylic acids is 1. The summed E-state index contributed by atoms with van der Waals surface area (Å²) in [5.41, 5.74) is 0.564. The third kappa shape index (κ3) is 3.10. The number of carbonyl (C=O) groups is 2. The fourth-order valence-corrected chi connectivity index (χ4v) is 2.95. The number of likely N-dealkylation sites (tertiary alicyclic amines) is 1. The topological polar surface area (TPSA) is 57.6 Å². The van der Waals surface area contributed by atoms with Crippen molar-refractivity contribution in [2.45, 2.75) is 30.7 Å². The van der Waals surface area contributed by atoms with E-state index in [4.69, 9.17) is 5.11 Å². The van der Waals surface area contributed by atoms with Crippen LogP contribution < -0.4 is 0 Å². The predicted octanol–water partition coefficient (Wildman–Crippen LogP) is 2.49. The van der Waals surface area contributed by atoms with E-state index >= 15 is 0 Å². The Bertz CT molecular complexity index is 472. The van der Waals surface area contributed by atoms with Gasteiger partial charge in [-0.25, -0.2) is 4.79 Å². The van der Waals surface area contributed by atoms with E-state index in [0.717, 1.165) is 17.1 Å². The minimum atomic E-state index is -0.913. The van der Waals surface area contributed by atoms with Crippen LogP contribution in [0.2, 0.25) is 0 Å². The van der Waals surface area contributed by atoms with Gasteiger partial charge in [-0.3, -0.25) is 4.79 Å². The number of nitrogens with zero attached hydrogens (tertiary/aromatic N) is 1. The summed E-state index contributed by atoms with van der Waals surface area (Å²) < 4.78 is 0. The van der Waals surface area contributed by atoms with Gasteiger partial charge in [-0.1, -0.05) is 6.92 Å². The molecule has 4 nitrogen and oxygen atoms in total. The van der Waals surface area contributed by atoms with Gasteiger partial charge in [-0.2, -0.15) is 0 Å². The van der Waals surface area contributed by atoms with E-state index in [9.17, 15) is 9.59 Å². The van der Waals surface area contributed by atoms with Crippen molar-refractivity contribution in [3.8, 4) is 0 Å². The predicted molar refractivity (Wildman–Crippen MR) is 74.5 cm³/mol. The second-order valence-corrected chi connectivity index (χ2v) is 5.79. The number of carboxylic acids is 1. The van der Waals surface area contributed by atoms with E-state index in [2.05, 4.69) is 6.92 Å². The van der Waals surface area contributed by atoms with Crippen LogP contribution in [0.1, 0.15) is 30.1 Å².